The van der Waals surface area contributed by atoms with Crippen molar-refractivity contribution in [2.24, 2.45) is 17.8 Å². The molecule has 0 aliphatic heterocycles. The van der Waals surface area contributed by atoms with Crippen molar-refractivity contribution in [3.05, 3.63) is 12.2 Å². The fourth-order valence-electron chi connectivity index (χ4n) is 5.49. The first-order valence-electron chi connectivity index (χ1n) is 8.18. The van der Waals surface area contributed by atoms with Gasteiger partial charge in [-0.25, -0.2) is 9.67 Å². The Balaban J connectivity index is 1.66. The minimum absolute atomic E-state index is 0.355. The third-order valence-corrected chi connectivity index (χ3v) is 5.83. The maximum Gasteiger partial charge on any atom is 0.138 e. The van der Waals surface area contributed by atoms with Crippen molar-refractivity contribution in [3.8, 4) is 0 Å². The van der Waals surface area contributed by atoms with E-state index in [0.717, 1.165) is 24.2 Å². The first kappa shape index (κ1) is 11.9. The number of unbranched alkanes of at least 4 members (excludes halogenated alkanes) is 1. The molecular weight excluding hydrogens is 234 g/mol. The molecule has 4 aliphatic rings. The Hall–Kier alpha value is -0.860. The quantitative estimate of drug-likeness (QED) is 0.828. The van der Waals surface area contributed by atoms with E-state index in [9.17, 15) is 0 Å². The molecule has 104 valence electrons. The van der Waals surface area contributed by atoms with Gasteiger partial charge in [-0.3, -0.25) is 0 Å². The molecule has 4 saturated carbocycles. The maximum absolute atomic E-state index is 4.66. The van der Waals surface area contributed by atoms with E-state index < -0.39 is 0 Å². The van der Waals surface area contributed by atoms with Crippen LogP contribution in [-0.4, -0.2) is 14.8 Å². The number of aryl methyl sites for hydroxylation is 1. The Kier molecular flexibility index (Phi) is 2.71. The molecule has 0 saturated heterocycles. The molecule has 1 heterocycles. The van der Waals surface area contributed by atoms with Gasteiger partial charge >= 0.3 is 0 Å². The Labute approximate surface area is 115 Å². The summed E-state index contributed by atoms with van der Waals surface area (Å²) in [6.45, 7) is 2.26. The molecule has 0 amide bonds. The monoisotopic (exact) mass is 259 g/mol. The molecule has 5 rings (SSSR count). The van der Waals surface area contributed by atoms with Crippen molar-refractivity contribution in [3.63, 3.8) is 0 Å². The van der Waals surface area contributed by atoms with Crippen molar-refractivity contribution in [2.75, 3.05) is 0 Å². The van der Waals surface area contributed by atoms with E-state index in [2.05, 4.69) is 21.7 Å². The van der Waals surface area contributed by atoms with Crippen LogP contribution < -0.4 is 0 Å². The van der Waals surface area contributed by atoms with Gasteiger partial charge in [0.25, 0.3) is 0 Å². The third-order valence-electron chi connectivity index (χ3n) is 5.83. The predicted molar refractivity (Wildman–Crippen MR) is 74.8 cm³/mol. The summed E-state index contributed by atoms with van der Waals surface area (Å²) in [6.07, 6.45) is 14.0. The minimum atomic E-state index is 0.355. The molecule has 1 aromatic rings. The summed E-state index contributed by atoms with van der Waals surface area (Å²) < 4.78 is 2.37. The van der Waals surface area contributed by atoms with Crippen LogP contribution in [0.25, 0.3) is 0 Å². The number of rotatable bonds is 4. The zero-order valence-electron chi connectivity index (χ0n) is 12.0. The second-order valence-corrected chi connectivity index (χ2v) is 7.33. The average Bonchev–Trinajstić information content (AvgIpc) is 2.83. The van der Waals surface area contributed by atoms with Crippen LogP contribution in [0.5, 0.6) is 0 Å². The average molecular weight is 259 g/mol. The zero-order valence-corrected chi connectivity index (χ0v) is 12.0. The molecule has 0 radical (unpaired) electrons. The van der Waals surface area contributed by atoms with E-state index in [4.69, 9.17) is 0 Å². The molecule has 1 aromatic heterocycles. The number of hydrogen-bond acceptors (Lipinski definition) is 2. The van der Waals surface area contributed by atoms with E-state index in [1.54, 1.807) is 6.33 Å². The largest absolute Gasteiger partial charge is 0.244 e. The molecule has 0 atom stereocenters. The number of hydrogen-bond donors (Lipinski definition) is 0. The lowest BCUT2D eigenvalue weighted by Crippen LogP contribution is -2.52. The minimum Gasteiger partial charge on any atom is -0.244 e. The van der Waals surface area contributed by atoms with Crippen LogP contribution in [0, 0.1) is 17.8 Å². The lowest BCUT2D eigenvalue weighted by atomic mass is 9.53. The van der Waals surface area contributed by atoms with E-state index in [-0.39, 0.29) is 0 Å². The number of nitrogens with zero attached hydrogens (tertiary/aromatic N) is 3. The predicted octanol–water partition coefficient (Wildman–Crippen LogP) is 3.55. The molecule has 19 heavy (non-hydrogen) atoms. The van der Waals surface area contributed by atoms with Crippen LogP contribution >= 0.6 is 0 Å². The molecule has 3 nitrogen and oxygen atoms in total. The van der Waals surface area contributed by atoms with Crippen molar-refractivity contribution in [1.82, 2.24) is 14.8 Å². The highest BCUT2D eigenvalue weighted by atomic mass is 15.4. The maximum atomic E-state index is 4.66. The van der Waals surface area contributed by atoms with Crippen LogP contribution in [0.15, 0.2) is 6.33 Å². The Morgan fingerprint density at radius 2 is 1.79 bits per heavy atom. The van der Waals surface area contributed by atoms with E-state index in [1.807, 2.05) is 0 Å². The van der Waals surface area contributed by atoms with Gasteiger partial charge < -0.3 is 0 Å². The fraction of sp³-hybridized carbons (Fsp3) is 0.875. The second-order valence-electron chi connectivity index (χ2n) is 7.33. The highest BCUT2D eigenvalue weighted by Crippen LogP contribution is 2.58. The van der Waals surface area contributed by atoms with Gasteiger partial charge in [-0.2, -0.15) is 5.10 Å². The molecule has 4 aliphatic carbocycles. The van der Waals surface area contributed by atoms with Crippen molar-refractivity contribution < 1.29 is 0 Å². The van der Waals surface area contributed by atoms with Crippen molar-refractivity contribution >= 4 is 0 Å². The van der Waals surface area contributed by atoms with Crippen LogP contribution in [0.4, 0.5) is 0 Å². The highest BCUT2D eigenvalue weighted by Gasteiger charge is 2.52. The molecule has 0 unspecified atom stereocenters. The molecule has 0 spiro atoms. The van der Waals surface area contributed by atoms with E-state index in [0.29, 0.717) is 5.54 Å². The topological polar surface area (TPSA) is 30.7 Å². The smallest absolute Gasteiger partial charge is 0.138 e. The van der Waals surface area contributed by atoms with Gasteiger partial charge in [-0.1, -0.05) is 13.3 Å². The fourth-order valence-corrected chi connectivity index (χ4v) is 5.49. The summed E-state index contributed by atoms with van der Waals surface area (Å²) >= 11 is 0. The Morgan fingerprint density at radius 1 is 1.16 bits per heavy atom. The molecule has 3 heteroatoms. The number of aromatic nitrogens is 3. The lowest BCUT2D eigenvalue weighted by Gasteiger charge is -2.56. The van der Waals surface area contributed by atoms with Gasteiger partial charge in [0.15, 0.2) is 0 Å². The summed E-state index contributed by atoms with van der Waals surface area (Å²) in [5, 5.41) is 4.66. The van der Waals surface area contributed by atoms with Crippen molar-refractivity contribution in [2.45, 2.75) is 70.3 Å². The summed E-state index contributed by atoms with van der Waals surface area (Å²) in [6, 6.07) is 0. The van der Waals surface area contributed by atoms with Gasteiger partial charge in [0.2, 0.25) is 0 Å². The van der Waals surface area contributed by atoms with Gasteiger partial charge in [-0.15, -0.1) is 0 Å². The van der Waals surface area contributed by atoms with Crippen LogP contribution in [-0.2, 0) is 12.0 Å². The molecular formula is C16H25N3. The van der Waals surface area contributed by atoms with Gasteiger partial charge in [-0.05, 0) is 62.7 Å². The second kappa shape index (κ2) is 4.32. The molecule has 4 fully saturated rings. The molecule has 4 bridgehead atoms. The van der Waals surface area contributed by atoms with Crippen LogP contribution in [0.1, 0.15) is 64.1 Å². The standard InChI is InChI=1S/C16H25N3/c1-2-3-4-15-17-11-18-19(15)16-8-12-5-13(9-16)7-14(6-12)10-16/h11-14H,2-10H2,1H3. The summed E-state index contributed by atoms with van der Waals surface area (Å²) in [4.78, 5) is 4.56. The van der Waals surface area contributed by atoms with Crippen LogP contribution in [0.3, 0.4) is 0 Å². The lowest BCUT2D eigenvalue weighted by molar-refractivity contribution is -0.0510. The Bertz CT molecular complexity index is 427. The molecule has 0 aromatic carbocycles. The normalized spacial score (nSPS) is 39.9. The van der Waals surface area contributed by atoms with Gasteiger partial charge in [0, 0.05) is 6.42 Å². The first-order valence-corrected chi connectivity index (χ1v) is 8.18. The first-order chi connectivity index (χ1) is 9.29. The van der Waals surface area contributed by atoms with Crippen LogP contribution in [0.2, 0.25) is 0 Å². The Morgan fingerprint density at radius 3 is 2.37 bits per heavy atom. The summed E-state index contributed by atoms with van der Waals surface area (Å²) in [7, 11) is 0. The summed E-state index contributed by atoms with van der Waals surface area (Å²) in [5.74, 6) is 4.20. The zero-order chi connectivity index (χ0) is 12.9. The SMILES string of the molecule is CCCCc1ncnn1C12CC3CC(CC(C3)C1)C2. The van der Waals surface area contributed by atoms with E-state index in [1.165, 1.54) is 57.2 Å². The van der Waals surface area contributed by atoms with E-state index >= 15 is 0 Å². The van der Waals surface area contributed by atoms with Crippen molar-refractivity contribution in [1.29, 1.82) is 0 Å². The third kappa shape index (κ3) is 1.85. The molecule has 0 N–H and O–H groups in total. The van der Waals surface area contributed by atoms with Gasteiger partial charge in [0.1, 0.15) is 12.2 Å². The van der Waals surface area contributed by atoms with Gasteiger partial charge in [0.05, 0.1) is 5.54 Å². The summed E-state index contributed by atoms with van der Waals surface area (Å²) in [5.41, 5.74) is 0.355. The highest BCUT2D eigenvalue weighted by molar-refractivity contribution is 5.07.